The summed E-state index contributed by atoms with van der Waals surface area (Å²) < 4.78 is 5.44. The predicted molar refractivity (Wildman–Crippen MR) is 111 cm³/mol. The Bertz CT molecular complexity index is 1080. The minimum Gasteiger partial charge on any atom is -0.477 e. The first-order chi connectivity index (χ1) is 13.9. The molecule has 0 radical (unpaired) electrons. The van der Waals surface area contributed by atoms with Crippen LogP contribution in [0.4, 0.5) is 17.3 Å². The normalized spacial score (nSPS) is 14.2. The van der Waals surface area contributed by atoms with Crippen LogP contribution in [0.2, 0.25) is 0 Å². The van der Waals surface area contributed by atoms with Gasteiger partial charge in [-0.2, -0.15) is 0 Å². The first-order valence-electron chi connectivity index (χ1n) is 9.26. The van der Waals surface area contributed by atoms with Crippen LogP contribution in [0.5, 0.6) is 0 Å². The molecule has 150 valence electrons. The van der Waals surface area contributed by atoms with Crippen LogP contribution < -0.4 is 15.5 Å². The highest BCUT2D eigenvalue weighted by atomic mass is 16.5. The Balaban J connectivity index is 2.04. The lowest BCUT2D eigenvalue weighted by atomic mass is 10.1. The number of aromatic carboxylic acids is 1. The van der Waals surface area contributed by atoms with E-state index in [-0.39, 0.29) is 5.69 Å². The van der Waals surface area contributed by atoms with Crippen molar-refractivity contribution in [3.63, 3.8) is 0 Å². The van der Waals surface area contributed by atoms with Crippen molar-refractivity contribution in [2.24, 2.45) is 0 Å². The number of morpholine rings is 1. The third kappa shape index (κ3) is 3.64. The van der Waals surface area contributed by atoms with Gasteiger partial charge in [0.1, 0.15) is 16.7 Å². The van der Waals surface area contributed by atoms with Crippen LogP contribution in [0.25, 0.3) is 22.3 Å². The molecular formula is C20H22N6O3. The number of anilines is 3. The molecule has 1 fully saturated rings. The predicted octanol–water partition coefficient (Wildman–Crippen LogP) is 1.87. The number of nitrogens with zero attached hydrogens (tertiary/aromatic N) is 5. The molecule has 9 nitrogen and oxygen atoms in total. The van der Waals surface area contributed by atoms with Gasteiger partial charge in [-0.15, -0.1) is 0 Å². The molecule has 3 heterocycles. The van der Waals surface area contributed by atoms with Crippen molar-refractivity contribution in [3.05, 3.63) is 36.0 Å². The molecule has 29 heavy (non-hydrogen) atoms. The van der Waals surface area contributed by atoms with Crippen LogP contribution >= 0.6 is 0 Å². The van der Waals surface area contributed by atoms with Crippen LogP contribution in [0, 0.1) is 0 Å². The van der Waals surface area contributed by atoms with Gasteiger partial charge < -0.3 is 25.4 Å². The van der Waals surface area contributed by atoms with Gasteiger partial charge in [-0.3, -0.25) is 0 Å². The van der Waals surface area contributed by atoms with Crippen molar-refractivity contribution < 1.29 is 14.6 Å². The molecule has 1 aliphatic rings. The number of carboxylic acids is 1. The highest BCUT2D eigenvalue weighted by Crippen LogP contribution is 2.33. The van der Waals surface area contributed by atoms with Crippen LogP contribution in [0.15, 0.2) is 30.3 Å². The van der Waals surface area contributed by atoms with Gasteiger partial charge in [-0.1, -0.05) is 12.1 Å². The van der Waals surface area contributed by atoms with E-state index >= 15 is 0 Å². The quantitative estimate of drug-likeness (QED) is 0.639. The van der Waals surface area contributed by atoms with E-state index in [9.17, 15) is 9.90 Å². The summed E-state index contributed by atoms with van der Waals surface area (Å²) in [5, 5.41) is 9.55. The molecule has 0 unspecified atom stereocenters. The Kier molecular flexibility index (Phi) is 4.89. The highest BCUT2D eigenvalue weighted by molar-refractivity contribution is 6.01. The number of ether oxygens (including phenoxy) is 1. The van der Waals surface area contributed by atoms with Crippen molar-refractivity contribution in [1.29, 1.82) is 0 Å². The summed E-state index contributed by atoms with van der Waals surface area (Å²) in [6.45, 7) is 2.57. The minimum atomic E-state index is -1.11. The van der Waals surface area contributed by atoms with Crippen molar-refractivity contribution in [3.8, 4) is 11.3 Å². The Morgan fingerprint density at radius 2 is 1.90 bits per heavy atom. The molecule has 0 aliphatic carbocycles. The zero-order valence-electron chi connectivity index (χ0n) is 16.3. The van der Waals surface area contributed by atoms with Gasteiger partial charge in [0.05, 0.1) is 18.9 Å². The fraction of sp³-hybridized carbons (Fsp3) is 0.300. The van der Waals surface area contributed by atoms with Crippen molar-refractivity contribution in [2.45, 2.75) is 0 Å². The Hall–Kier alpha value is -3.46. The van der Waals surface area contributed by atoms with E-state index in [4.69, 9.17) is 20.4 Å². The summed E-state index contributed by atoms with van der Waals surface area (Å²) in [6, 6.07) is 8.84. The average molecular weight is 394 g/mol. The molecule has 1 saturated heterocycles. The number of pyridine rings is 1. The van der Waals surface area contributed by atoms with Gasteiger partial charge in [-0.05, 0) is 18.2 Å². The second-order valence-corrected chi connectivity index (χ2v) is 7.02. The van der Waals surface area contributed by atoms with Crippen LogP contribution in [0.3, 0.4) is 0 Å². The Morgan fingerprint density at radius 1 is 1.14 bits per heavy atom. The number of carboxylic acid groups (broad SMARTS) is 1. The third-order valence-electron chi connectivity index (χ3n) is 4.78. The second-order valence-electron chi connectivity index (χ2n) is 7.02. The maximum Gasteiger partial charge on any atom is 0.354 e. The van der Waals surface area contributed by atoms with Crippen molar-refractivity contribution in [1.82, 2.24) is 15.0 Å². The summed E-state index contributed by atoms with van der Waals surface area (Å²) in [4.78, 5) is 29.5. The number of fused-ring (bicyclic) bond motifs is 1. The molecule has 3 N–H and O–H groups in total. The summed E-state index contributed by atoms with van der Waals surface area (Å²) in [5.74, 6) is -0.544. The lowest BCUT2D eigenvalue weighted by Crippen LogP contribution is -2.37. The average Bonchev–Trinajstić information content (AvgIpc) is 2.72. The number of nitrogen functional groups attached to an aromatic ring is 1. The minimum absolute atomic E-state index is 0.0610. The van der Waals surface area contributed by atoms with E-state index in [1.807, 2.05) is 31.1 Å². The first-order valence-corrected chi connectivity index (χ1v) is 9.26. The number of benzene rings is 1. The number of nitrogens with two attached hydrogens (primary N) is 1. The Labute approximate surface area is 167 Å². The number of aromatic nitrogens is 3. The molecule has 0 amide bonds. The summed E-state index contributed by atoms with van der Waals surface area (Å²) in [6.07, 6.45) is 0. The summed E-state index contributed by atoms with van der Waals surface area (Å²) >= 11 is 0. The third-order valence-corrected chi connectivity index (χ3v) is 4.78. The number of hydrogen-bond donors (Lipinski definition) is 2. The van der Waals surface area contributed by atoms with Crippen LogP contribution in [-0.4, -0.2) is 66.4 Å². The monoisotopic (exact) mass is 394 g/mol. The number of carbonyl (C=O) groups is 1. The van der Waals surface area contributed by atoms with Crippen molar-refractivity contribution in [2.75, 3.05) is 55.9 Å². The first kappa shape index (κ1) is 18.9. The van der Waals surface area contributed by atoms with Crippen LogP contribution in [0.1, 0.15) is 10.5 Å². The molecule has 0 atom stereocenters. The zero-order chi connectivity index (χ0) is 20.5. The largest absolute Gasteiger partial charge is 0.477 e. The van der Waals surface area contributed by atoms with Gasteiger partial charge in [0.25, 0.3) is 0 Å². The van der Waals surface area contributed by atoms with Gasteiger partial charge in [-0.25, -0.2) is 19.7 Å². The van der Waals surface area contributed by atoms with Crippen LogP contribution in [-0.2, 0) is 4.74 Å². The maximum absolute atomic E-state index is 11.7. The SMILES string of the molecule is CN(C)c1cc(C(=O)O)nc2c(-c3cccc(N)c3)nc(N3CCOCC3)nc12. The topological polar surface area (TPSA) is 118 Å². The molecule has 9 heteroatoms. The Morgan fingerprint density at radius 3 is 2.55 bits per heavy atom. The smallest absolute Gasteiger partial charge is 0.354 e. The standard InChI is InChI=1S/C20H22N6O3/c1-25(2)15-11-14(19(27)28)22-18-16(12-4-3-5-13(21)10-12)23-20(24-17(15)18)26-6-8-29-9-7-26/h3-5,10-11H,6-9,21H2,1-2H3,(H,27,28). The molecule has 0 spiro atoms. The molecule has 4 rings (SSSR count). The van der Waals surface area contributed by atoms with Gasteiger partial charge in [0.15, 0.2) is 5.69 Å². The van der Waals surface area contributed by atoms with Crippen molar-refractivity contribution >= 4 is 34.3 Å². The summed E-state index contributed by atoms with van der Waals surface area (Å²) in [5.41, 5.74) is 9.50. The van der Waals surface area contributed by atoms with E-state index in [2.05, 4.69) is 9.88 Å². The lowest BCUT2D eigenvalue weighted by Gasteiger charge is -2.28. The number of rotatable bonds is 4. The lowest BCUT2D eigenvalue weighted by molar-refractivity contribution is 0.0691. The van der Waals surface area contributed by atoms with E-state index in [0.717, 1.165) is 5.56 Å². The molecule has 0 bridgehead atoms. The summed E-state index contributed by atoms with van der Waals surface area (Å²) in [7, 11) is 3.69. The molecule has 1 aromatic carbocycles. The highest BCUT2D eigenvalue weighted by Gasteiger charge is 2.22. The van der Waals surface area contributed by atoms with E-state index in [1.165, 1.54) is 6.07 Å². The molecule has 1 aliphatic heterocycles. The van der Waals surface area contributed by atoms with E-state index < -0.39 is 5.97 Å². The second kappa shape index (κ2) is 7.51. The molecule has 0 saturated carbocycles. The van der Waals surface area contributed by atoms with E-state index in [1.54, 1.807) is 12.1 Å². The number of hydrogen-bond acceptors (Lipinski definition) is 8. The fourth-order valence-corrected chi connectivity index (χ4v) is 3.32. The van der Waals surface area contributed by atoms with Gasteiger partial charge in [0.2, 0.25) is 5.95 Å². The zero-order valence-corrected chi connectivity index (χ0v) is 16.3. The maximum atomic E-state index is 11.7. The van der Waals surface area contributed by atoms with Gasteiger partial charge in [0, 0.05) is 38.4 Å². The molecule has 3 aromatic rings. The van der Waals surface area contributed by atoms with Gasteiger partial charge >= 0.3 is 5.97 Å². The molecule has 2 aromatic heterocycles. The van der Waals surface area contributed by atoms with E-state index in [0.29, 0.717) is 60.4 Å². The fourth-order valence-electron chi connectivity index (χ4n) is 3.32. The molecular weight excluding hydrogens is 372 g/mol.